The minimum Gasteiger partial charge on any atom is -0.497 e. The maximum atomic E-state index is 13.0. The molecule has 2 heterocycles. The number of rotatable bonds is 5. The lowest BCUT2D eigenvalue weighted by Gasteiger charge is -2.35. The molecule has 1 atom stereocenters. The van der Waals surface area contributed by atoms with Crippen LogP contribution >= 0.6 is 0 Å². The van der Waals surface area contributed by atoms with Crippen LogP contribution < -0.4 is 10.1 Å². The molecule has 0 bridgehead atoms. The van der Waals surface area contributed by atoms with Gasteiger partial charge in [-0.05, 0) is 43.3 Å². The summed E-state index contributed by atoms with van der Waals surface area (Å²) < 4.78 is 11.2. The van der Waals surface area contributed by atoms with Gasteiger partial charge < -0.3 is 24.6 Å². The lowest BCUT2D eigenvalue weighted by atomic mass is 10.2. The van der Waals surface area contributed by atoms with E-state index >= 15 is 0 Å². The van der Waals surface area contributed by atoms with Crippen LogP contribution in [0.25, 0.3) is 0 Å². The zero-order valence-electron chi connectivity index (χ0n) is 19.1. The van der Waals surface area contributed by atoms with E-state index in [2.05, 4.69) is 10.2 Å². The van der Waals surface area contributed by atoms with Gasteiger partial charge in [0, 0.05) is 50.5 Å². The standard InChI is InChI=1S/C25H32N4O4/c1-32-22-10-5-7-20(17-22)24(30)28-12-6-11-27(13-14-28)18-23-19-29(15-16-33-23)25(31)26-21-8-3-2-4-9-21/h2-5,7-10,17,23H,6,11-16,18-19H2,1H3,(H,26,31)/t23-/m1/s1. The van der Waals surface area contributed by atoms with Crippen LogP contribution in [-0.4, -0.2) is 92.3 Å². The number of para-hydroxylation sites is 1. The van der Waals surface area contributed by atoms with Crippen LogP contribution in [0.4, 0.5) is 10.5 Å². The summed E-state index contributed by atoms with van der Waals surface area (Å²) in [6.07, 6.45) is 0.863. The van der Waals surface area contributed by atoms with Gasteiger partial charge in [0.05, 0.1) is 19.8 Å². The van der Waals surface area contributed by atoms with E-state index in [1.54, 1.807) is 13.2 Å². The van der Waals surface area contributed by atoms with Crippen molar-refractivity contribution in [2.24, 2.45) is 0 Å². The van der Waals surface area contributed by atoms with Crippen LogP contribution in [0.3, 0.4) is 0 Å². The molecule has 0 radical (unpaired) electrons. The first-order chi connectivity index (χ1) is 16.1. The zero-order chi connectivity index (χ0) is 23.0. The molecule has 0 aliphatic carbocycles. The molecule has 2 aromatic carbocycles. The molecule has 1 N–H and O–H groups in total. The van der Waals surface area contributed by atoms with Gasteiger partial charge in [-0.1, -0.05) is 24.3 Å². The van der Waals surface area contributed by atoms with Gasteiger partial charge >= 0.3 is 6.03 Å². The first kappa shape index (κ1) is 23.1. The zero-order valence-corrected chi connectivity index (χ0v) is 19.1. The molecule has 2 fully saturated rings. The molecule has 33 heavy (non-hydrogen) atoms. The fourth-order valence-corrected chi connectivity index (χ4v) is 4.32. The Balaban J connectivity index is 1.28. The van der Waals surface area contributed by atoms with Crippen LogP contribution in [0.1, 0.15) is 16.8 Å². The Morgan fingerprint density at radius 1 is 1.00 bits per heavy atom. The highest BCUT2D eigenvalue weighted by molar-refractivity contribution is 5.94. The van der Waals surface area contributed by atoms with E-state index < -0.39 is 0 Å². The molecule has 0 unspecified atom stereocenters. The van der Waals surface area contributed by atoms with Crippen LogP contribution in [0.2, 0.25) is 0 Å². The van der Waals surface area contributed by atoms with E-state index in [0.717, 1.165) is 38.3 Å². The number of carbonyl (C=O) groups excluding carboxylic acids is 2. The van der Waals surface area contributed by atoms with Crippen molar-refractivity contribution < 1.29 is 19.1 Å². The monoisotopic (exact) mass is 452 g/mol. The number of amides is 3. The largest absolute Gasteiger partial charge is 0.497 e. The third-order valence-corrected chi connectivity index (χ3v) is 6.11. The van der Waals surface area contributed by atoms with Crippen LogP contribution in [0.5, 0.6) is 5.75 Å². The SMILES string of the molecule is COc1cccc(C(=O)N2CCCN(C[C@@H]3CN(C(=O)Nc4ccccc4)CCO3)CC2)c1. The first-order valence-electron chi connectivity index (χ1n) is 11.5. The quantitative estimate of drug-likeness (QED) is 0.755. The fourth-order valence-electron chi connectivity index (χ4n) is 4.32. The Labute approximate surface area is 195 Å². The number of nitrogens with one attached hydrogen (secondary N) is 1. The molecule has 3 amide bonds. The van der Waals surface area contributed by atoms with E-state index in [-0.39, 0.29) is 18.0 Å². The molecular formula is C25H32N4O4. The van der Waals surface area contributed by atoms with Crippen molar-refractivity contribution in [1.29, 1.82) is 0 Å². The minimum absolute atomic E-state index is 0.0356. The Morgan fingerprint density at radius 2 is 1.85 bits per heavy atom. The van der Waals surface area contributed by atoms with Crippen molar-refractivity contribution in [2.75, 3.05) is 64.8 Å². The lowest BCUT2D eigenvalue weighted by Crippen LogP contribution is -2.51. The van der Waals surface area contributed by atoms with E-state index in [9.17, 15) is 9.59 Å². The molecule has 176 valence electrons. The van der Waals surface area contributed by atoms with Crippen molar-refractivity contribution in [3.05, 3.63) is 60.2 Å². The number of urea groups is 1. The number of nitrogens with zero attached hydrogens (tertiary/aromatic N) is 3. The molecule has 2 saturated heterocycles. The summed E-state index contributed by atoms with van der Waals surface area (Å²) in [5.41, 5.74) is 1.44. The predicted molar refractivity (Wildman–Crippen MR) is 127 cm³/mol. The van der Waals surface area contributed by atoms with Crippen molar-refractivity contribution in [3.63, 3.8) is 0 Å². The third-order valence-electron chi connectivity index (χ3n) is 6.11. The number of anilines is 1. The average Bonchev–Trinajstić information content (AvgIpc) is 3.10. The summed E-state index contributed by atoms with van der Waals surface area (Å²) in [5.74, 6) is 0.723. The molecule has 0 aromatic heterocycles. The van der Waals surface area contributed by atoms with Crippen LogP contribution in [0.15, 0.2) is 54.6 Å². The number of methoxy groups -OCH3 is 1. The second-order valence-electron chi connectivity index (χ2n) is 8.41. The maximum Gasteiger partial charge on any atom is 0.322 e. The summed E-state index contributed by atoms with van der Waals surface area (Å²) in [7, 11) is 1.60. The molecule has 8 nitrogen and oxygen atoms in total. The van der Waals surface area contributed by atoms with E-state index in [0.29, 0.717) is 37.6 Å². The number of ether oxygens (including phenoxy) is 2. The average molecular weight is 453 g/mol. The summed E-state index contributed by atoms with van der Waals surface area (Å²) in [4.78, 5) is 31.7. The second kappa shape index (κ2) is 11.2. The van der Waals surface area contributed by atoms with Gasteiger partial charge in [-0.3, -0.25) is 9.69 Å². The summed E-state index contributed by atoms with van der Waals surface area (Å²) in [6.45, 7) is 5.49. The summed E-state index contributed by atoms with van der Waals surface area (Å²) in [5, 5.41) is 2.95. The van der Waals surface area contributed by atoms with E-state index in [4.69, 9.17) is 9.47 Å². The highest BCUT2D eigenvalue weighted by Crippen LogP contribution is 2.17. The molecule has 8 heteroatoms. The maximum absolute atomic E-state index is 13.0. The Kier molecular flexibility index (Phi) is 7.80. The van der Waals surface area contributed by atoms with Gasteiger partial charge in [0.1, 0.15) is 5.75 Å². The number of benzene rings is 2. The lowest BCUT2D eigenvalue weighted by molar-refractivity contribution is -0.0283. The minimum atomic E-state index is -0.0968. The van der Waals surface area contributed by atoms with E-state index in [1.165, 1.54) is 0 Å². The molecule has 0 saturated carbocycles. The summed E-state index contributed by atoms with van der Waals surface area (Å²) in [6, 6.07) is 16.7. The second-order valence-corrected chi connectivity index (χ2v) is 8.41. The first-order valence-corrected chi connectivity index (χ1v) is 11.5. The van der Waals surface area contributed by atoms with Crippen molar-refractivity contribution in [2.45, 2.75) is 12.5 Å². The van der Waals surface area contributed by atoms with Crippen molar-refractivity contribution in [3.8, 4) is 5.75 Å². The van der Waals surface area contributed by atoms with Gasteiger partial charge in [-0.25, -0.2) is 4.79 Å². The molecule has 2 aliphatic heterocycles. The van der Waals surface area contributed by atoms with Crippen LogP contribution in [0, 0.1) is 0 Å². The molecule has 0 spiro atoms. The molecule has 4 rings (SSSR count). The summed E-state index contributed by atoms with van der Waals surface area (Å²) >= 11 is 0. The molecule has 2 aliphatic rings. The van der Waals surface area contributed by atoms with Gasteiger partial charge in [-0.2, -0.15) is 0 Å². The predicted octanol–water partition coefficient (Wildman–Crippen LogP) is 2.78. The van der Waals surface area contributed by atoms with Gasteiger partial charge in [0.15, 0.2) is 0 Å². The number of hydrogen-bond donors (Lipinski definition) is 1. The van der Waals surface area contributed by atoms with Crippen molar-refractivity contribution in [1.82, 2.24) is 14.7 Å². The molecular weight excluding hydrogens is 420 g/mol. The fraction of sp³-hybridized carbons (Fsp3) is 0.440. The van der Waals surface area contributed by atoms with E-state index in [1.807, 2.05) is 58.3 Å². The van der Waals surface area contributed by atoms with Crippen molar-refractivity contribution >= 4 is 17.6 Å². The Morgan fingerprint density at radius 3 is 2.67 bits per heavy atom. The number of carbonyl (C=O) groups is 2. The Bertz CT molecular complexity index is 939. The van der Waals surface area contributed by atoms with Gasteiger partial charge in [0.2, 0.25) is 0 Å². The smallest absolute Gasteiger partial charge is 0.322 e. The molecule has 2 aromatic rings. The van der Waals surface area contributed by atoms with Gasteiger partial charge in [0.25, 0.3) is 5.91 Å². The van der Waals surface area contributed by atoms with Crippen LogP contribution in [-0.2, 0) is 4.74 Å². The highest BCUT2D eigenvalue weighted by atomic mass is 16.5. The highest BCUT2D eigenvalue weighted by Gasteiger charge is 2.27. The topological polar surface area (TPSA) is 74.4 Å². The Hall–Kier alpha value is -3.10. The number of morpholine rings is 1. The third kappa shape index (κ3) is 6.24. The number of hydrogen-bond acceptors (Lipinski definition) is 5. The van der Waals surface area contributed by atoms with Gasteiger partial charge in [-0.15, -0.1) is 0 Å². The normalized spacial score (nSPS) is 19.6.